The molecule has 0 aliphatic carbocycles. The first-order chi connectivity index (χ1) is 8.26. The molecule has 0 unspecified atom stereocenters. The van der Waals surface area contributed by atoms with Crippen molar-refractivity contribution in [2.75, 3.05) is 13.7 Å². The summed E-state index contributed by atoms with van der Waals surface area (Å²) in [4.78, 5) is 11.5. The van der Waals surface area contributed by atoms with Crippen molar-refractivity contribution in [2.45, 2.75) is 32.6 Å². The lowest BCUT2D eigenvalue weighted by Crippen LogP contribution is -2.09. The number of hydrogen-bond acceptors (Lipinski definition) is 3. The van der Waals surface area contributed by atoms with E-state index in [9.17, 15) is 4.79 Å². The number of esters is 1. The Labute approximate surface area is 103 Å². The number of rotatable bonds is 7. The van der Waals surface area contributed by atoms with Crippen molar-refractivity contribution in [1.29, 1.82) is 0 Å². The van der Waals surface area contributed by atoms with Crippen molar-refractivity contribution < 1.29 is 14.3 Å². The first-order valence-electron chi connectivity index (χ1n) is 6.04. The Morgan fingerprint density at radius 2 is 2.12 bits per heavy atom. The van der Waals surface area contributed by atoms with Crippen molar-refractivity contribution >= 4 is 5.97 Å². The number of ether oxygens (including phenoxy) is 2. The van der Waals surface area contributed by atoms with E-state index >= 15 is 0 Å². The van der Waals surface area contributed by atoms with E-state index in [0.717, 1.165) is 30.6 Å². The summed E-state index contributed by atoms with van der Waals surface area (Å²) in [6.45, 7) is 2.65. The fourth-order valence-electron chi connectivity index (χ4n) is 1.54. The molecule has 0 heterocycles. The van der Waals surface area contributed by atoms with E-state index in [0.29, 0.717) is 13.0 Å². The summed E-state index contributed by atoms with van der Waals surface area (Å²) < 4.78 is 10.2. The van der Waals surface area contributed by atoms with Crippen LogP contribution in [0.3, 0.4) is 0 Å². The molecule has 0 amide bonds. The van der Waals surface area contributed by atoms with Crippen LogP contribution in [0.2, 0.25) is 0 Å². The fourth-order valence-corrected chi connectivity index (χ4v) is 1.54. The van der Waals surface area contributed by atoms with E-state index in [1.165, 1.54) is 0 Å². The van der Waals surface area contributed by atoms with Gasteiger partial charge in [0, 0.05) is 0 Å². The van der Waals surface area contributed by atoms with Crippen LogP contribution in [-0.2, 0) is 16.0 Å². The molecule has 0 atom stereocenters. The minimum absolute atomic E-state index is 0.172. The zero-order valence-corrected chi connectivity index (χ0v) is 10.6. The second-order valence-corrected chi connectivity index (χ2v) is 3.96. The van der Waals surface area contributed by atoms with Crippen molar-refractivity contribution in [1.82, 2.24) is 0 Å². The number of benzene rings is 1. The van der Waals surface area contributed by atoms with Gasteiger partial charge in [-0.1, -0.05) is 31.9 Å². The third-order valence-electron chi connectivity index (χ3n) is 2.49. The maximum Gasteiger partial charge on any atom is 0.310 e. The number of carbonyl (C=O) groups excluding carboxylic acids is 1. The van der Waals surface area contributed by atoms with Crippen LogP contribution in [0.5, 0.6) is 5.75 Å². The standard InChI is InChI=1S/C14H20O3/c1-3-4-5-9-17-14(15)11-12-7-6-8-13(10-12)16-2/h6-8,10H,3-5,9,11H2,1-2H3. The number of hydrogen-bond donors (Lipinski definition) is 0. The Balaban J connectivity index is 2.34. The van der Waals surface area contributed by atoms with Crippen LogP contribution >= 0.6 is 0 Å². The largest absolute Gasteiger partial charge is 0.497 e. The molecule has 0 N–H and O–H groups in total. The highest BCUT2D eigenvalue weighted by molar-refractivity contribution is 5.72. The van der Waals surface area contributed by atoms with Crippen LogP contribution in [0.4, 0.5) is 0 Å². The highest BCUT2D eigenvalue weighted by Gasteiger charge is 2.05. The Kier molecular flexibility index (Phi) is 6.15. The van der Waals surface area contributed by atoms with Crippen molar-refractivity contribution in [3.63, 3.8) is 0 Å². The van der Waals surface area contributed by atoms with Crippen LogP contribution in [0.15, 0.2) is 24.3 Å². The first-order valence-corrected chi connectivity index (χ1v) is 6.04. The third kappa shape index (κ3) is 5.38. The minimum atomic E-state index is -0.172. The molecule has 0 spiro atoms. The lowest BCUT2D eigenvalue weighted by atomic mass is 10.1. The lowest BCUT2D eigenvalue weighted by molar-refractivity contribution is -0.142. The number of unbranched alkanes of at least 4 members (excludes halogenated alkanes) is 2. The molecule has 1 rings (SSSR count). The highest BCUT2D eigenvalue weighted by Crippen LogP contribution is 2.13. The minimum Gasteiger partial charge on any atom is -0.497 e. The van der Waals surface area contributed by atoms with E-state index in [2.05, 4.69) is 6.92 Å². The Morgan fingerprint density at radius 3 is 2.82 bits per heavy atom. The molecule has 1 aromatic rings. The smallest absolute Gasteiger partial charge is 0.310 e. The highest BCUT2D eigenvalue weighted by atomic mass is 16.5. The fraction of sp³-hybridized carbons (Fsp3) is 0.500. The van der Waals surface area contributed by atoms with E-state index in [4.69, 9.17) is 9.47 Å². The Hall–Kier alpha value is -1.51. The van der Waals surface area contributed by atoms with E-state index in [1.54, 1.807) is 7.11 Å². The van der Waals surface area contributed by atoms with Crippen molar-refractivity contribution in [2.24, 2.45) is 0 Å². The van der Waals surface area contributed by atoms with Gasteiger partial charge in [-0.15, -0.1) is 0 Å². The van der Waals surface area contributed by atoms with Gasteiger partial charge >= 0.3 is 5.97 Å². The van der Waals surface area contributed by atoms with Crippen LogP contribution in [-0.4, -0.2) is 19.7 Å². The van der Waals surface area contributed by atoms with Crippen LogP contribution in [0.1, 0.15) is 31.7 Å². The monoisotopic (exact) mass is 236 g/mol. The van der Waals surface area contributed by atoms with Crippen LogP contribution in [0, 0.1) is 0 Å². The van der Waals surface area contributed by atoms with Gasteiger partial charge in [-0.3, -0.25) is 4.79 Å². The summed E-state index contributed by atoms with van der Waals surface area (Å²) >= 11 is 0. The zero-order chi connectivity index (χ0) is 12.5. The summed E-state index contributed by atoms with van der Waals surface area (Å²) in [5, 5.41) is 0. The lowest BCUT2D eigenvalue weighted by Gasteiger charge is -2.05. The average molecular weight is 236 g/mol. The molecule has 3 heteroatoms. The normalized spacial score (nSPS) is 10.0. The van der Waals surface area contributed by atoms with Crippen molar-refractivity contribution in [3.8, 4) is 5.75 Å². The van der Waals surface area contributed by atoms with Gasteiger partial charge in [-0.25, -0.2) is 0 Å². The molecule has 1 aromatic carbocycles. The van der Waals surface area contributed by atoms with E-state index < -0.39 is 0 Å². The van der Waals surface area contributed by atoms with Crippen LogP contribution < -0.4 is 4.74 Å². The van der Waals surface area contributed by atoms with Gasteiger partial charge in [-0.05, 0) is 24.1 Å². The maximum absolute atomic E-state index is 11.5. The molecular weight excluding hydrogens is 216 g/mol. The van der Waals surface area contributed by atoms with Gasteiger partial charge < -0.3 is 9.47 Å². The number of carbonyl (C=O) groups is 1. The molecule has 0 saturated heterocycles. The predicted octanol–water partition coefficient (Wildman–Crippen LogP) is 2.97. The molecule has 0 radical (unpaired) electrons. The maximum atomic E-state index is 11.5. The van der Waals surface area contributed by atoms with Gasteiger partial charge in [0.05, 0.1) is 20.1 Å². The molecule has 0 aliphatic rings. The molecule has 0 aromatic heterocycles. The summed E-state index contributed by atoms with van der Waals surface area (Å²) in [7, 11) is 1.61. The topological polar surface area (TPSA) is 35.5 Å². The van der Waals surface area contributed by atoms with Gasteiger partial charge in [-0.2, -0.15) is 0 Å². The second kappa shape index (κ2) is 7.71. The average Bonchev–Trinajstić information content (AvgIpc) is 2.35. The molecule has 17 heavy (non-hydrogen) atoms. The molecule has 0 aliphatic heterocycles. The van der Waals surface area contributed by atoms with Crippen molar-refractivity contribution in [3.05, 3.63) is 29.8 Å². The third-order valence-corrected chi connectivity index (χ3v) is 2.49. The quantitative estimate of drug-likeness (QED) is 0.539. The second-order valence-electron chi connectivity index (χ2n) is 3.96. The molecule has 94 valence electrons. The summed E-state index contributed by atoms with van der Waals surface area (Å²) in [6.07, 6.45) is 3.49. The Bertz CT molecular complexity index is 347. The van der Waals surface area contributed by atoms with Gasteiger partial charge in [0.1, 0.15) is 5.75 Å². The van der Waals surface area contributed by atoms with Gasteiger partial charge in [0.2, 0.25) is 0 Å². The van der Waals surface area contributed by atoms with Crippen LogP contribution in [0.25, 0.3) is 0 Å². The predicted molar refractivity (Wildman–Crippen MR) is 67.2 cm³/mol. The molecule has 0 fully saturated rings. The molecule has 0 saturated carbocycles. The summed E-state index contributed by atoms with van der Waals surface area (Å²) in [5.41, 5.74) is 0.921. The van der Waals surface area contributed by atoms with Gasteiger partial charge in [0.25, 0.3) is 0 Å². The zero-order valence-electron chi connectivity index (χ0n) is 10.6. The van der Waals surface area contributed by atoms with E-state index in [1.807, 2.05) is 24.3 Å². The molecule has 3 nitrogen and oxygen atoms in total. The summed E-state index contributed by atoms with van der Waals surface area (Å²) in [6, 6.07) is 7.48. The number of methoxy groups -OCH3 is 1. The first kappa shape index (κ1) is 13.6. The Morgan fingerprint density at radius 1 is 1.29 bits per heavy atom. The summed E-state index contributed by atoms with van der Waals surface area (Å²) in [5.74, 6) is 0.593. The SMILES string of the molecule is CCCCCOC(=O)Cc1cccc(OC)c1. The van der Waals surface area contributed by atoms with E-state index in [-0.39, 0.29) is 5.97 Å². The van der Waals surface area contributed by atoms with Gasteiger partial charge in [0.15, 0.2) is 0 Å². The molecule has 0 bridgehead atoms. The molecular formula is C14H20O3.